The molecule has 1 amide bonds. The van der Waals surface area contributed by atoms with E-state index in [0.717, 1.165) is 0 Å². The lowest BCUT2D eigenvalue weighted by Gasteiger charge is -2.19. The van der Waals surface area contributed by atoms with E-state index in [1.54, 1.807) is 30.2 Å². The first-order valence-corrected chi connectivity index (χ1v) is 5.75. The van der Waals surface area contributed by atoms with Gasteiger partial charge >= 0.3 is 0 Å². The lowest BCUT2D eigenvalue weighted by atomic mass is 10.2. The molecule has 0 spiro atoms. The molecule has 0 aliphatic heterocycles. The number of ether oxygens (including phenoxy) is 1. The summed E-state index contributed by atoms with van der Waals surface area (Å²) >= 11 is 4.29. The Morgan fingerprint density at radius 3 is 2.50 bits per heavy atom. The van der Waals surface area contributed by atoms with Crippen LogP contribution < -0.4 is 4.74 Å². The zero-order chi connectivity index (χ0) is 12.1. The molecule has 0 bridgehead atoms. The Kier molecular flexibility index (Phi) is 4.68. The largest absolute Gasteiger partial charge is 0.497 e. The number of carbonyl (C=O) groups is 1. The van der Waals surface area contributed by atoms with E-state index in [2.05, 4.69) is 12.6 Å². The Hall–Kier alpha value is -1.16. The zero-order valence-electron chi connectivity index (χ0n) is 9.86. The van der Waals surface area contributed by atoms with Gasteiger partial charge in [0, 0.05) is 18.0 Å². The number of hydrogen-bond donors (Lipinski definition) is 1. The first kappa shape index (κ1) is 12.9. The highest BCUT2D eigenvalue weighted by Gasteiger charge is 2.15. The summed E-state index contributed by atoms with van der Waals surface area (Å²) in [5, 5.41) is 0. The Morgan fingerprint density at radius 2 is 2.00 bits per heavy atom. The van der Waals surface area contributed by atoms with E-state index in [0.29, 0.717) is 29.3 Å². The molecule has 0 N–H and O–H groups in total. The molecule has 1 rings (SSSR count). The van der Waals surface area contributed by atoms with E-state index in [1.807, 2.05) is 13.8 Å². The fraction of sp³-hybridized carbons (Fsp3) is 0.417. The molecular weight excluding hydrogens is 222 g/mol. The van der Waals surface area contributed by atoms with Gasteiger partial charge in [0.25, 0.3) is 5.91 Å². The third-order valence-electron chi connectivity index (χ3n) is 2.48. The predicted molar refractivity (Wildman–Crippen MR) is 67.5 cm³/mol. The van der Waals surface area contributed by atoms with Gasteiger partial charge in [-0.2, -0.15) is 0 Å². The van der Waals surface area contributed by atoms with Gasteiger partial charge in [0.05, 0.1) is 12.7 Å². The second-order valence-electron chi connectivity index (χ2n) is 3.36. The molecule has 0 saturated carbocycles. The van der Waals surface area contributed by atoms with Crippen molar-refractivity contribution >= 4 is 18.5 Å². The van der Waals surface area contributed by atoms with Crippen LogP contribution in [0.25, 0.3) is 0 Å². The second kappa shape index (κ2) is 5.80. The van der Waals surface area contributed by atoms with Gasteiger partial charge in [0.15, 0.2) is 0 Å². The Morgan fingerprint density at radius 1 is 1.38 bits per heavy atom. The standard InChI is InChI=1S/C12H17NO2S/c1-4-13(5-2)12(14)10-8-9(15-3)6-7-11(10)16/h6-8,16H,4-5H2,1-3H3. The molecule has 0 atom stereocenters. The van der Waals surface area contributed by atoms with E-state index in [9.17, 15) is 4.79 Å². The normalized spacial score (nSPS) is 10.0. The summed E-state index contributed by atoms with van der Waals surface area (Å²) in [7, 11) is 1.58. The monoisotopic (exact) mass is 239 g/mol. The highest BCUT2D eigenvalue weighted by atomic mass is 32.1. The van der Waals surface area contributed by atoms with E-state index in [1.165, 1.54) is 0 Å². The average Bonchev–Trinajstić information content (AvgIpc) is 2.31. The number of carbonyl (C=O) groups excluding carboxylic acids is 1. The van der Waals surface area contributed by atoms with Crippen molar-refractivity contribution in [3.8, 4) is 5.75 Å². The van der Waals surface area contributed by atoms with E-state index in [-0.39, 0.29) is 5.91 Å². The molecule has 0 unspecified atom stereocenters. The van der Waals surface area contributed by atoms with Gasteiger partial charge < -0.3 is 9.64 Å². The molecule has 0 aromatic heterocycles. The third-order valence-corrected chi connectivity index (χ3v) is 2.87. The topological polar surface area (TPSA) is 29.5 Å². The maximum absolute atomic E-state index is 12.1. The number of nitrogens with zero attached hydrogens (tertiary/aromatic N) is 1. The lowest BCUT2D eigenvalue weighted by molar-refractivity contribution is 0.0769. The summed E-state index contributed by atoms with van der Waals surface area (Å²) in [6, 6.07) is 5.29. The number of methoxy groups -OCH3 is 1. The van der Waals surface area contributed by atoms with Crippen LogP contribution >= 0.6 is 12.6 Å². The minimum Gasteiger partial charge on any atom is -0.497 e. The lowest BCUT2D eigenvalue weighted by Crippen LogP contribution is -2.30. The summed E-state index contributed by atoms with van der Waals surface area (Å²) in [5.41, 5.74) is 0.589. The third kappa shape index (κ3) is 2.70. The van der Waals surface area contributed by atoms with Gasteiger partial charge in [-0.3, -0.25) is 4.79 Å². The minimum atomic E-state index is -0.00565. The van der Waals surface area contributed by atoms with E-state index < -0.39 is 0 Å². The van der Waals surface area contributed by atoms with Crippen LogP contribution in [0.3, 0.4) is 0 Å². The molecular formula is C12H17NO2S. The SMILES string of the molecule is CCN(CC)C(=O)c1cc(OC)ccc1S. The van der Waals surface area contributed by atoms with Gasteiger partial charge in [0.1, 0.15) is 5.75 Å². The first-order valence-electron chi connectivity index (χ1n) is 5.30. The number of thiol groups is 1. The van der Waals surface area contributed by atoms with Gasteiger partial charge in [-0.05, 0) is 32.0 Å². The first-order chi connectivity index (χ1) is 7.63. The van der Waals surface area contributed by atoms with Crippen LogP contribution in [0.4, 0.5) is 0 Å². The number of benzene rings is 1. The maximum atomic E-state index is 12.1. The minimum absolute atomic E-state index is 0.00565. The predicted octanol–water partition coefficient (Wildman–Crippen LogP) is 2.47. The molecule has 0 aliphatic rings. The molecule has 88 valence electrons. The van der Waals surface area contributed by atoms with Crippen molar-refractivity contribution in [2.24, 2.45) is 0 Å². The van der Waals surface area contributed by atoms with Crippen molar-refractivity contribution < 1.29 is 9.53 Å². The van der Waals surface area contributed by atoms with E-state index >= 15 is 0 Å². The zero-order valence-corrected chi connectivity index (χ0v) is 10.8. The summed E-state index contributed by atoms with van der Waals surface area (Å²) in [4.78, 5) is 14.6. The van der Waals surface area contributed by atoms with Crippen LogP contribution in [0.5, 0.6) is 5.75 Å². The molecule has 1 aromatic rings. The van der Waals surface area contributed by atoms with Crippen molar-refractivity contribution in [1.29, 1.82) is 0 Å². The van der Waals surface area contributed by atoms with Gasteiger partial charge in [-0.1, -0.05) is 0 Å². The van der Waals surface area contributed by atoms with Crippen LogP contribution in [-0.4, -0.2) is 31.0 Å². The molecule has 0 aliphatic carbocycles. The van der Waals surface area contributed by atoms with Crippen molar-refractivity contribution in [3.63, 3.8) is 0 Å². The summed E-state index contributed by atoms with van der Waals surface area (Å²) in [6.07, 6.45) is 0. The molecule has 3 nitrogen and oxygen atoms in total. The van der Waals surface area contributed by atoms with Gasteiger partial charge in [-0.25, -0.2) is 0 Å². The molecule has 1 aromatic carbocycles. The fourth-order valence-corrected chi connectivity index (χ4v) is 1.73. The van der Waals surface area contributed by atoms with Crippen LogP contribution in [0.1, 0.15) is 24.2 Å². The molecule has 16 heavy (non-hydrogen) atoms. The molecule has 0 heterocycles. The highest BCUT2D eigenvalue weighted by Crippen LogP contribution is 2.21. The molecule has 0 saturated heterocycles. The highest BCUT2D eigenvalue weighted by molar-refractivity contribution is 7.80. The van der Waals surface area contributed by atoms with Crippen molar-refractivity contribution in [3.05, 3.63) is 23.8 Å². The molecule has 0 fully saturated rings. The van der Waals surface area contributed by atoms with Crippen LogP contribution in [0.15, 0.2) is 23.1 Å². The quantitative estimate of drug-likeness (QED) is 0.818. The Bertz CT molecular complexity index is 375. The number of hydrogen-bond acceptors (Lipinski definition) is 3. The van der Waals surface area contributed by atoms with Crippen LogP contribution in [0.2, 0.25) is 0 Å². The fourth-order valence-electron chi connectivity index (χ4n) is 1.49. The number of amides is 1. The maximum Gasteiger partial charge on any atom is 0.255 e. The average molecular weight is 239 g/mol. The summed E-state index contributed by atoms with van der Waals surface area (Å²) in [6.45, 7) is 5.30. The Balaban J connectivity index is 3.06. The molecule has 0 radical (unpaired) electrons. The summed E-state index contributed by atoms with van der Waals surface area (Å²) < 4.78 is 5.10. The summed E-state index contributed by atoms with van der Waals surface area (Å²) in [5.74, 6) is 0.669. The van der Waals surface area contributed by atoms with E-state index in [4.69, 9.17) is 4.74 Å². The smallest absolute Gasteiger partial charge is 0.255 e. The number of rotatable bonds is 4. The Labute approximate surface area is 102 Å². The van der Waals surface area contributed by atoms with Crippen LogP contribution in [0, 0.1) is 0 Å². The molecule has 4 heteroatoms. The van der Waals surface area contributed by atoms with Crippen molar-refractivity contribution in [1.82, 2.24) is 4.90 Å². The van der Waals surface area contributed by atoms with Gasteiger partial charge in [-0.15, -0.1) is 12.6 Å². The second-order valence-corrected chi connectivity index (χ2v) is 3.84. The van der Waals surface area contributed by atoms with Crippen LogP contribution in [-0.2, 0) is 0 Å². The van der Waals surface area contributed by atoms with Crippen molar-refractivity contribution in [2.75, 3.05) is 20.2 Å². The van der Waals surface area contributed by atoms with Gasteiger partial charge in [0.2, 0.25) is 0 Å². The van der Waals surface area contributed by atoms with Crippen molar-refractivity contribution in [2.45, 2.75) is 18.7 Å².